The lowest BCUT2D eigenvalue weighted by Gasteiger charge is -2.06. The number of nitro benzene ring substituents is 1. The van der Waals surface area contributed by atoms with Crippen LogP contribution in [-0.2, 0) is 14.8 Å². The van der Waals surface area contributed by atoms with Crippen molar-refractivity contribution in [3.05, 3.63) is 34.4 Å². The third-order valence-electron chi connectivity index (χ3n) is 1.85. The average molecular weight is 274 g/mol. The van der Waals surface area contributed by atoms with Crippen molar-refractivity contribution in [2.24, 2.45) is 0 Å². The summed E-state index contributed by atoms with van der Waals surface area (Å²) in [7, 11) is -4.07. The van der Waals surface area contributed by atoms with E-state index < -0.39 is 21.0 Å². The number of nitrogens with one attached hydrogen (secondary N) is 1. The number of hydrogen-bond donors (Lipinski definition) is 1. The van der Waals surface area contributed by atoms with Gasteiger partial charge in [0, 0.05) is 12.1 Å². The van der Waals surface area contributed by atoms with Crippen LogP contribution in [0.2, 0.25) is 0 Å². The van der Waals surface area contributed by atoms with Gasteiger partial charge in [-0.2, -0.15) is 0 Å². The van der Waals surface area contributed by atoms with E-state index in [9.17, 15) is 23.3 Å². The Kier molecular flexibility index (Phi) is 4.21. The van der Waals surface area contributed by atoms with Crippen molar-refractivity contribution in [2.75, 3.05) is 6.61 Å². The van der Waals surface area contributed by atoms with E-state index in [0.29, 0.717) is 0 Å². The number of non-ortho nitro benzene ring substituents is 1. The number of carbonyl (C=O) groups excluding carboxylic acids is 1. The van der Waals surface area contributed by atoms with Crippen LogP contribution in [0.15, 0.2) is 29.2 Å². The van der Waals surface area contributed by atoms with Gasteiger partial charge in [0.05, 0.1) is 16.4 Å². The standard InChI is InChI=1S/C9H10N2O6S/c1-2-17-9(12)10-18(15,16)8-5-3-7(4-6-8)11(13)14/h3-6H,2H2,1H3,(H,10,12). The molecule has 0 bridgehead atoms. The van der Waals surface area contributed by atoms with Crippen LogP contribution in [0.5, 0.6) is 0 Å². The van der Waals surface area contributed by atoms with E-state index in [0.717, 1.165) is 24.3 Å². The molecule has 1 amide bonds. The number of hydrogen-bond acceptors (Lipinski definition) is 6. The lowest BCUT2D eigenvalue weighted by Crippen LogP contribution is -2.31. The largest absolute Gasteiger partial charge is 0.449 e. The number of rotatable bonds is 4. The number of ether oxygens (including phenoxy) is 1. The maximum absolute atomic E-state index is 11.6. The van der Waals surface area contributed by atoms with E-state index >= 15 is 0 Å². The number of benzene rings is 1. The Hall–Kier alpha value is -2.16. The summed E-state index contributed by atoms with van der Waals surface area (Å²) < 4.78 is 29.3. The predicted molar refractivity (Wildman–Crippen MR) is 60.4 cm³/mol. The summed E-state index contributed by atoms with van der Waals surface area (Å²) >= 11 is 0. The molecule has 8 nitrogen and oxygen atoms in total. The van der Waals surface area contributed by atoms with Crippen molar-refractivity contribution in [3.63, 3.8) is 0 Å². The van der Waals surface area contributed by atoms with Crippen molar-refractivity contribution in [3.8, 4) is 0 Å². The minimum Gasteiger partial charge on any atom is -0.449 e. The maximum atomic E-state index is 11.6. The lowest BCUT2D eigenvalue weighted by molar-refractivity contribution is -0.384. The summed E-state index contributed by atoms with van der Waals surface area (Å²) in [5.41, 5.74) is -0.245. The van der Waals surface area contributed by atoms with Crippen molar-refractivity contribution >= 4 is 21.8 Å². The average Bonchev–Trinajstić information content (AvgIpc) is 2.28. The Bertz CT molecular complexity index is 551. The fraction of sp³-hybridized carbons (Fsp3) is 0.222. The van der Waals surface area contributed by atoms with Crippen LogP contribution in [-0.4, -0.2) is 26.0 Å². The molecule has 0 aliphatic heterocycles. The van der Waals surface area contributed by atoms with Crippen LogP contribution in [0.1, 0.15) is 6.92 Å². The van der Waals surface area contributed by atoms with Gasteiger partial charge in [0.1, 0.15) is 0 Å². The molecule has 0 radical (unpaired) electrons. The predicted octanol–water partition coefficient (Wildman–Crippen LogP) is 1.03. The van der Waals surface area contributed by atoms with Crippen molar-refractivity contribution in [1.82, 2.24) is 4.72 Å². The Morgan fingerprint density at radius 2 is 1.94 bits per heavy atom. The summed E-state index contributed by atoms with van der Waals surface area (Å²) in [5.74, 6) is 0. The molecule has 18 heavy (non-hydrogen) atoms. The molecule has 1 rings (SSSR count). The normalized spacial score (nSPS) is 10.7. The van der Waals surface area contributed by atoms with Crippen LogP contribution in [0.3, 0.4) is 0 Å². The summed E-state index contributed by atoms with van der Waals surface area (Å²) in [6.45, 7) is 1.56. The highest BCUT2D eigenvalue weighted by Gasteiger charge is 2.19. The zero-order valence-corrected chi connectivity index (χ0v) is 10.1. The molecular weight excluding hydrogens is 264 g/mol. The van der Waals surface area contributed by atoms with Gasteiger partial charge in [-0.05, 0) is 19.1 Å². The molecule has 0 aromatic heterocycles. The molecule has 9 heteroatoms. The van der Waals surface area contributed by atoms with E-state index in [1.165, 1.54) is 6.92 Å². The number of sulfonamides is 1. The molecule has 0 unspecified atom stereocenters. The van der Waals surface area contributed by atoms with Gasteiger partial charge in [-0.1, -0.05) is 0 Å². The number of carbonyl (C=O) groups is 1. The second-order valence-corrected chi connectivity index (χ2v) is 4.76. The van der Waals surface area contributed by atoms with Crippen molar-refractivity contribution in [1.29, 1.82) is 0 Å². The fourth-order valence-electron chi connectivity index (χ4n) is 1.08. The number of amides is 1. The lowest BCUT2D eigenvalue weighted by atomic mass is 10.3. The van der Waals surface area contributed by atoms with Crippen LogP contribution < -0.4 is 4.72 Å². The van der Waals surface area contributed by atoms with Crippen LogP contribution in [0, 0.1) is 10.1 Å². The number of nitro groups is 1. The molecule has 1 aromatic rings. The molecule has 0 saturated carbocycles. The zero-order valence-electron chi connectivity index (χ0n) is 9.32. The van der Waals surface area contributed by atoms with Crippen molar-refractivity contribution in [2.45, 2.75) is 11.8 Å². The molecule has 0 fully saturated rings. The van der Waals surface area contributed by atoms with Crippen LogP contribution in [0.25, 0.3) is 0 Å². The Balaban J connectivity index is 2.92. The molecule has 0 atom stereocenters. The third-order valence-corrected chi connectivity index (χ3v) is 3.18. The SMILES string of the molecule is CCOC(=O)NS(=O)(=O)c1ccc([N+](=O)[O-])cc1. The zero-order chi connectivity index (χ0) is 13.8. The van der Waals surface area contributed by atoms with Gasteiger partial charge in [-0.3, -0.25) is 10.1 Å². The molecular formula is C9H10N2O6S. The van der Waals surface area contributed by atoms with Gasteiger partial charge in [0.15, 0.2) is 0 Å². The fourth-order valence-corrected chi connectivity index (χ4v) is 1.97. The second-order valence-electron chi connectivity index (χ2n) is 3.08. The van der Waals surface area contributed by atoms with Gasteiger partial charge >= 0.3 is 6.09 Å². The summed E-state index contributed by atoms with van der Waals surface area (Å²) in [4.78, 5) is 20.5. The smallest absolute Gasteiger partial charge is 0.421 e. The molecule has 0 saturated heterocycles. The van der Waals surface area contributed by atoms with Crippen molar-refractivity contribution < 1.29 is 22.9 Å². The molecule has 0 aliphatic rings. The maximum Gasteiger partial charge on any atom is 0.421 e. The first-order valence-electron chi connectivity index (χ1n) is 4.81. The third kappa shape index (κ3) is 3.42. The first-order chi connectivity index (χ1) is 8.36. The molecule has 1 aromatic carbocycles. The van der Waals surface area contributed by atoms with Gasteiger partial charge in [0.2, 0.25) is 0 Å². The van der Waals surface area contributed by atoms with Gasteiger partial charge in [-0.25, -0.2) is 17.9 Å². The molecule has 0 aliphatic carbocycles. The quantitative estimate of drug-likeness (QED) is 0.647. The Morgan fingerprint density at radius 3 is 2.39 bits per heavy atom. The van der Waals surface area contributed by atoms with E-state index in [1.807, 2.05) is 0 Å². The molecule has 1 N–H and O–H groups in total. The van der Waals surface area contributed by atoms with E-state index in [-0.39, 0.29) is 17.2 Å². The van der Waals surface area contributed by atoms with E-state index in [4.69, 9.17) is 0 Å². The second kappa shape index (κ2) is 5.45. The number of nitrogens with zero attached hydrogens (tertiary/aromatic N) is 1. The molecule has 98 valence electrons. The Labute approximate surface area is 103 Å². The topological polar surface area (TPSA) is 116 Å². The van der Waals surface area contributed by atoms with Gasteiger partial charge in [0.25, 0.3) is 15.7 Å². The van der Waals surface area contributed by atoms with Crippen LogP contribution in [0.4, 0.5) is 10.5 Å². The van der Waals surface area contributed by atoms with E-state index in [2.05, 4.69) is 4.74 Å². The first-order valence-corrected chi connectivity index (χ1v) is 6.29. The monoisotopic (exact) mass is 274 g/mol. The highest BCUT2D eigenvalue weighted by Crippen LogP contribution is 2.15. The highest BCUT2D eigenvalue weighted by atomic mass is 32.2. The highest BCUT2D eigenvalue weighted by molar-refractivity contribution is 7.90. The summed E-state index contributed by atoms with van der Waals surface area (Å²) in [6, 6.07) is 4.11. The first kappa shape index (κ1) is 13.9. The minimum atomic E-state index is -4.07. The summed E-state index contributed by atoms with van der Waals surface area (Å²) in [5, 5.41) is 10.4. The molecule has 0 heterocycles. The Morgan fingerprint density at radius 1 is 1.39 bits per heavy atom. The van der Waals surface area contributed by atoms with Gasteiger partial charge in [-0.15, -0.1) is 0 Å². The van der Waals surface area contributed by atoms with Gasteiger partial charge < -0.3 is 4.74 Å². The van der Waals surface area contributed by atoms with Crippen LogP contribution >= 0.6 is 0 Å². The van der Waals surface area contributed by atoms with E-state index in [1.54, 1.807) is 4.72 Å². The summed E-state index contributed by atoms with van der Waals surface area (Å²) in [6.07, 6.45) is -1.10. The molecule has 0 spiro atoms. The minimum absolute atomic E-state index is 0.0294.